The highest BCUT2D eigenvalue weighted by atomic mass is 32.2. The molecule has 2 aromatic rings. The van der Waals surface area contributed by atoms with E-state index >= 15 is 0 Å². The molecular formula is C14H16N2O3S. The van der Waals surface area contributed by atoms with Gasteiger partial charge in [0.2, 0.25) is 15.9 Å². The van der Waals surface area contributed by atoms with Crippen molar-refractivity contribution in [3.8, 4) is 0 Å². The molecule has 2 N–H and O–H groups in total. The van der Waals surface area contributed by atoms with Crippen molar-refractivity contribution in [2.75, 3.05) is 13.1 Å². The third kappa shape index (κ3) is 2.66. The van der Waals surface area contributed by atoms with Gasteiger partial charge < -0.3 is 5.73 Å². The molecule has 0 aliphatic carbocycles. The summed E-state index contributed by atoms with van der Waals surface area (Å²) < 4.78 is 26.3. The Bertz CT molecular complexity index is 736. The van der Waals surface area contributed by atoms with Crippen LogP contribution in [0.1, 0.15) is 6.92 Å². The van der Waals surface area contributed by atoms with Crippen molar-refractivity contribution in [3.63, 3.8) is 0 Å². The van der Waals surface area contributed by atoms with E-state index in [1.807, 2.05) is 18.2 Å². The van der Waals surface area contributed by atoms with Gasteiger partial charge in [-0.15, -0.1) is 0 Å². The zero-order valence-electron chi connectivity index (χ0n) is 11.1. The molecule has 20 heavy (non-hydrogen) atoms. The maximum atomic E-state index is 12.6. The molecule has 2 rings (SSSR count). The molecule has 0 unspecified atom stereocenters. The number of nitrogens with zero attached hydrogens (tertiary/aromatic N) is 1. The van der Waals surface area contributed by atoms with Crippen molar-refractivity contribution in [2.24, 2.45) is 5.73 Å². The SMILES string of the molecule is CCN(CC(N)=O)S(=O)(=O)c1cccc2ccccc12. The summed E-state index contributed by atoms with van der Waals surface area (Å²) in [6.45, 7) is 1.54. The first-order valence-electron chi connectivity index (χ1n) is 6.23. The van der Waals surface area contributed by atoms with Gasteiger partial charge in [0.15, 0.2) is 0 Å². The molecule has 1 amide bonds. The minimum absolute atomic E-state index is 0.189. The zero-order chi connectivity index (χ0) is 14.8. The van der Waals surface area contributed by atoms with E-state index in [4.69, 9.17) is 5.73 Å². The van der Waals surface area contributed by atoms with Crippen LogP contribution in [0.3, 0.4) is 0 Å². The van der Waals surface area contributed by atoms with Gasteiger partial charge in [-0.2, -0.15) is 4.31 Å². The number of carbonyl (C=O) groups is 1. The number of amides is 1. The average molecular weight is 292 g/mol. The standard InChI is InChI=1S/C14H16N2O3S/c1-2-16(10-14(15)17)20(18,19)13-9-5-7-11-6-3-4-8-12(11)13/h3-9H,2,10H2,1H3,(H2,15,17). The highest BCUT2D eigenvalue weighted by Gasteiger charge is 2.25. The van der Waals surface area contributed by atoms with Gasteiger partial charge >= 0.3 is 0 Å². The fourth-order valence-corrected chi connectivity index (χ4v) is 3.73. The lowest BCUT2D eigenvalue weighted by atomic mass is 10.1. The van der Waals surface area contributed by atoms with Gasteiger partial charge in [-0.05, 0) is 11.5 Å². The third-order valence-corrected chi connectivity index (χ3v) is 5.03. The molecule has 0 saturated carbocycles. The average Bonchev–Trinajstić information content (AvgIpc) is 2.43. The van der Waals surface area contributed by atoms with E-state index in [0.717, 1.165) is 9.69 Å². The lowest BCUT2D eigenvalue weighted by Crippen LogP contribution is -2.38. The highest BCUT2D eigenvalue weighted by molar-refractivity contribution is 7.89. The highest BCUT2D eigenvalue weighted by Crippen LogP contribution is 2.25. The summed E-state index contributed by atoms with van der Waals surface area (Å²) >= 11 is 0. The van der Waals surface area contributed by atoms with E-state index in [1.165, 1.54) is 0 Å². The Labute approximate surface area is 118 Å². The zero-order valence-corrected chi connectivity index (χ0v) is 11.9. The molecule has 0 atom stereocenters. The van der Waals surface area contributed by atoms with Crippen molar-refractivity contribution >= 4 is 26.7 Å². The summed E-state index contributed by atoms with van der Waals surface area (Å²) in [6, 6.07) is 12.3. The Morgan fingerprint density at radius 2 is 1.80 bits per heavy atom. The monoisotopic (exact) mass is 292 g/mol. The molecule has 0 heterocycles. The van der Waals surface area contributed by atoms with Crippen LogP contribution in [0, 0.1) is 0 Å². The molecule has 106 valence electrons. The second-order valence-corrected chi connectivity index (χ2v) is 6.28. The van der Waals surface area contributed by atoms with E-state index in [9.17, 15) is 13.2 Å². The Kier molecular flexibility index (Phi) is 4.06. The van der Waals surface area contributed by atoms with Gasteiger partial charge in [-0.25, -0.2) is 8.42 Å². The molecule has 0 spiro atoms. The molecule has 0 aliphatic heterocycles. The first-order chi connectivity index (χ1) is 9.46. The molecular weight excluding hydrogens is 276 g/mol. The summed E-state index contributed by atoms with van der Waals surface area (Å²) in [7, 11) is -3.74. The van der Waals surface area contributed by atoms with Crippen LogP contribution in [0.2, 0.25) is 0 Å². The molecule has 0 aliphatic rings. The summed E-state index contributed by atoms with van der Waals surface area (Å²) in [5, 5.41) is 1.47. The van der Waals surface area contributed by atoms with E-state index in [-0.39, 0.29) is 18.0 Å². The predicted octanol–water partition coefficient (Wildman–Crippen LogP) is 1.34. The first-order valence-corrected chi connectivity index (χ1v) is 7.67. The smallest absolute Gasteiger partial charge is 0.244 e. The van der Waals surface area contributed by atoms with Crippen molar-refractivity contribution in [1.29, 1.82) is 0 Å². The molecule has 5 nitrogen and oxygen atoms in total. The molecule has 2 aromatic carbocycles. The number of primary amides is 1. The van der Waals surface area contributed by atoms with Crippen molar-refractivity contribution in [3.05, 3.63) is 42.5 Å². The van der Waals surface area contributed by atoms with Crippen LogP contribution < -0.4 is 5.73 Å². The minimum Gasteiger partial charge on any atom is -0.369 e. The summed E-state index contributed by atoms with van der Waals surface area (Å²) in [5.41, 5.74) is 5.11. The molecule has 0 aromatic heterocycles. The largest absolute Gasteiger partial charge is 0.369 e. The lowest BCUT2D eigenvalue weighted by molar-refractivity contribution is -0.118. The number of likely N-dealkylation sites (N-methyl/N-ethyl adjacent to an activating group) is 1. The van der Waals surface area contributed by atoms with Gasteiger partial charge in [-0.1, -0.05) is 43.3 Å². The van der Waals surface area contributed by atoms with E-state index in [1.54, 1.807) is 31.2 Å². The van der Waals surface area contributed by atoms with E-state index in [0.29, 0.717) is 5.39 Å². The number of carbonyl (C=O) groups excluding carboxylic acids is 1. The van der Waals surface area contributed by atoms with Gasteiger partial charge in [0.1, 0.15) is 0 Å². The molecule has 0 fully saturated rings. The quantitative estimate of drug-likeness (QED) is 0.903. The van der Waals surface area contributed by atoms with Crippen LogP contribution in [0.25, 0.3) is 10.8 Å². The Balaban J connectivity index is 2.59. The van der Waals surface area contributed by atoms with Crippen LogP contribution >= 0.6 is 0 Å². The fraction of sp³-hybridized carbons (Fsp3) is 0.214. The summed E-state index contributed by atoms with van der Waals surface area (Å²) in [4.78, 5) is 11.2. The molecule has 0 bridgehead atoms. The van der Waals surface area contributed by atoms with Crippen LogP contribution in [-0.2, 0) is 14.8 Å². The van der Waals surface area contributed by atoms with Crippen molar-refractivity contribution in [2.45, 2.75) is 11.8 Å². The van der Waals surface area contributed by atoms with Crippen molar-refractivity contribution in [1.82, 2.24) is 4.31 Å². The number of benzene rings is 2. The van der Waals surface area contributed by atoms with Crippen LogP contribution in [0.15, 0.2) is 47.4 Å². The summed E-state index contributed by atoms with van der Waals surface area (Å²) in [6.07, 6.45) is 0. The maximum Gasteiger partial charge on any atom is 0.244 e. The summed E-state index contributed by atoms with van der Waals surface area (Å²) in [5.74, 6) is -0.671. The number of fused-ring (bicyclic) bond motifs is 1. The number of hydrogen-bond acceptors (Lipinski definition) is 3. The predicted molar refractivity (Wildman–Crippen MR) is 77.6 cm³/mol. The Morgan fingerprint density at radius 3 is 2.45 bits per heavy atom. The normalized spacial score (nSPS) is 11.9. The van der Waals surface area contributed by atoms with Gasteiger partial charge in [0, 0.05) is 11.9 Å². The second kappa shape index (κ2) is 5.60. The molecule has 6 heteroatoms. The number of rotatable bonds is 5. The Hall–Kier alpha value is -1.92. The fourth-order valence-electron chi connectivity index (χ4n) is 2.10. The number of hydrogen-bond donors (Lipinski definition) is 1. The second-order valence-electron chi connectivity index (χ2n) is 4.37. The van der Waals surface area contributed by atoms with E-state index < -0.39 is 15.9 Å². The van der Waals surface area contributed by atoms with Gasteiger partial charge in [0.05, 0.1) is 11.4 Å². The maximum absolute atomic E-state index is 12.6. The molecule has 0 saturated heterocycles. The Morgan fingerprint density at radius 1 is 1.15 bits per heavy atom. The lowest BCUT2D eigenvalue weighted by Gasteiger charge is -2.19. The minimum atomic E-state index is -3.74. The molecule has 0 radical (unpaired) electrons. The van der Waals surface area contributed by atoms with E-state index in [2.05, 4.69) is 0 Å². The van der Waals surface area contributed by atoms with Crippen LogP contribution in [0.4, 0.5) is 0 Å². The number of sulfonamides is 1. The topological polar surface area (TPSA) is 80.5 Å². The first kappa shape index (κ1) is 14.5. The number of nitrogens with two attached hydrogens (primary N) is 1. The van der Waals surface area contributed by atoms with Gasteiger partial charge in [-0.3, -0.25) is 4.79 Å². The van der Waals surface area contributed by atoms with Crippen molar-refractivity contribution < 1.29 is 13.2 Å². The van der Waals surface area contributed by atoms with Gasteiger partial charge in [0.25, 0.3) is 0 Å². The third-order valence-electron chi connectivity index (χ3n) is 3.05. The van der Waals surface area contributed by atoms with Crippen LogP contribution in [0.5, 0.6) is 0 Å². The van der Waals surface area contributed by atoms with Crippen LogP contribution in [-0.4, -0.2) is 31.7 Å².